The van der Waals surface area contributed by atoms with Crippen LogP contribution in [0.4, 0.5) is 5.69 Å². The van der Waals surface area contributed by atoms with Crippen molar-refractivity contribution in [1.29, 1.82) is 0 Å². The van der Waals surface area contributed by atoms with Crippen molar-refractivity contribution in [3.63, 3.8) is 0 Å². The standard InChI is InChI=1S/C28H30ClNO6/c1-4-17(2)36-25-15-23-19(13-24(25)35-16-27(32)33)14-26(31)30(21-9-11-22(34-3)12-10-21)28(23)18-5-7-20(29)8-6-18/h5-7,9-13,15,17,20,28H,4,8,14,16H2,1-3H3,(H,32,33)/t17-,20?,28?/m1/s1. The van der Waals surface area contributed by atoms with E-state index in [1.807, 2.05) is 56.3 Å². The van der Waals surface area contributed by atoms with Gasteiger partial charge in [0, 0.05) is 5.69 Å². The van der Waals surface area contributed by atoms with Crippen LogP contribution in [0.3, 0.4) is 0 Å². The number of alkyl halides is 1. The van der Waals surface area contributed by atoms with Gasteiger partial charge < -0.3 is 24.2 Å². The zero-order valence-electron chi connectivity index (χ0n) is 20.6. The molecule has 0 aromatic heterocycles. The molecule has 1 heterocycles. The number of hydrogen-bond acceptors (Lipinski definition) is 5. The van der Waals surface area contributed by atoms with Crippen molar-refractivity contribution in [1.82, 2.24) is 0 Å². The minimum absolute atomic E-state index is 0.0836. The fourth-order valence-corrected chi connectivity index (χ4v) is 4.54. The summed E-state index contributed by atoms with van der Waals surface area (Å²) in [5, 5.41) is 9.05. The second-order valence-corrected chi connectivity index (χ2v) is 9.43. The van der Waals surface area contributed by atoms with E-state index in [1.54, 1.807) is 18.1 Å². The molecule has 0 saturated carbocycles. The molecule has 1 amide bonds. The number of carbonyl (C=O) groups is 2. The van der Waals surface area contributed by atoms with Crippen molar-refractivity contribution < 1.29 is 28.9 Å². The van der Waals surface area contributed by atoms with Gasteiger partial charge >= 0.3 is 5.97 Å². The van der Waals surface area contributed by atoms with Gasteiger partial charge in [-0.15, -0.1) is 11.6 Å². The summed E-state index contributed by atoms with van der Waals surface area (Å²) in [4.78, 5) is 26.5. The fraction of sp³-hybridized carbons (Fsp3) is 0.357. The van der Waals surface area contributed by atoms with Gasteiger partial charge in [0.15, 0.2) is 18.1 Å². The highest BCUT2D eigenvalue weighted by Crippen LogP contribution is 2.45. The van der Waals surface area contributed by atoms with Crippen LogP contribution in [0.5, 0.6) is 17.2 Å². The number of methoxy groups -OCH3 is 1. The molecule has 7 nitrogen and oxygen atoms in total. The summed E-state index contributed by atoms with van der Waals surface area (Å²) in [6.07, 6.45) is 7.41. The van der Waals surface area contributed by atoms with Crippen LogP contribution in [-0.2, 0) is 16.0 Å². The van der Waals surface area contributed by atoms with Gasteiger partial charge in [-0.25, -0.2) is 4.79 Å². The summed E-state index contributed by atoms with van der Waals surface area (Å²) in [5.74, 6) is 0.296. The number of anilines is 1. The normalized spacial score (nSPS) is 19.8. The van der Waals surface area contributed by atoms with Crippen LogP contribution in [0.25, 0.3) is 0 Å². The highest BCUT2D eigenvalue weighted by atomic mass is 35.5. The van der Waals surface area contributed by atoms with Gasteiger partial charge in [0.05, 0.1) is 31.1 Å². The van der Waals surface area contributed by atoms with Gasteiger partial charge in [-0.1, -0.05) is 25.2 Å². The first-order valence-corrected chi connectivity index (χ1v) is 12.4. The Bertz CT molecular complexity index is 1190. The number of fused-ring (bicyclic) bond motifs is 1. The van der Waals surface area contributed by atoms with Crippen molar-refractivity contribution >= 4 is 29.2 Å². The number of carbonyl (C=O) groups excluding carboxylic acids is 1. The maximum absolute atomic E-state index is 13.6. The molecule has 2 unspecified atom stereocenters. The van der Waals surface area contributed by atoms with E-state index in [0.29, 0.717) is 23.7 Å². The Labute approximate surface area is 215 Å². The number of halogens is 1. The van der Waals surface area contributed by atoms with Crippen LogP contribution in [0, 0.1) is 0 Å². The topological polar surface area (TPSA) is 85.3 Å². The van der Waals surface area contributed by atoms with Crippen LogP contribution >= 0.6 is 11.6 Å². The van der Waals surface area contributed by atoms with E-state index in [2.05, 4.69) is 6.08 Å². The number of rotatable bonds is 9. The zero-order chi connectivity index (χ0) is 25.8. The molecule has 2 aromatic rings. The van der Waals surface area contributed by atoms with Crippen LogP contribution < -0.4 is 19.1 Å². The van der Waals surface area contributed by atoms with Crippen LogP contribution in [0.2, 0.25) is 0 Å². The molecule has 190 valence electrons. The Kier molecular flexibility index (Phi) is 7.89. The summed E-state index contributed by atoms with van der Waals surface area (Å²) in [5.41, 5.74) is 3.37. The second-order valence-electron chi connectivity index (χ2n) is 8.87. The molecule has 3 atom stereocenters. The molecule has 2 aliphatic rings. The largest absolute Gasteiger partial charge is 0.497 e. The van der Waals surface area contributed by atoms with Crippen molar-refractivity contribution in [2.24, 2.45) is 0 Å². The van der Waals surface area contributed by atoms with Gasteiger partial charge in [-0.05, 0) is 72.9 Å². The molecule has 1 aliphatic heterocycles. The molecule has 0 fully saturated rings. The molecule has 2 aromatic carbocycles. The molecule has 8 heteroatoms. The predicted octanol–water partition coefficient (Wildman–Crippen LogP) is 5.46. The molecule has 1 aliphatic carbocycles. The van der Waals surface area contributed by atoms with E-state index < -0.39 is 18.6 Å². The second kappa shape index (κ2) is 11.1. The lowest BCUT2D eigenvalue weighted by Gasteiger charge is -2.39. The Morgan fingerprint density at radius 2 is 1.97 bits per heavy atom. The van der Waals surface area contributed by atoms with Crippen molar-refractivity contribution in [2.45, 2.75) is 50.6 Å². The lowest BCUT2D eigenvalue weighted by molar-refractivity contribution is -0.139. The molecular weight excluding hydrogens is 482 g/mol. The number of nitrogens with zero attached hydrogens (tertiary/aromatic N) is 1. The highest BCUT2D eigenvalue weighted by Gasteiger charge is 2.37. The first kappa shape index (κ1) is 25.6. The lowest BCUT2D eigenvalue weighted by Crippen LogP contribution is -2.41. The Balaban J connectivity index is 1.85. The van der Waals surface area contributed by atoms with E-state index in [1.165, 1.54) is 0 Å². The molecule has 1 N–H and O–H groups in total. The van der Waals surface area contributed by atoms with Crippen LogP contribution in [-0.4, -0.2) is 42.2 Å². The number of amides is 1. The molecule has 0 bridgehead atoms. The zero-order valence-corrected chi connectivity index (χ0v) is 21.3. The summed E-state index contributed by atoms with van der Waals surface area (Å²) in [7, 11) is 1.60. The quantitative estimate of drug-likeness (QED) is 0.450. The van der Waals surface area contributed by atoms with Crippen molar-refractivity contribution in [3.8, 4) is 17.2 Å². The van der Waals surface area contributed by atoms with E-state index in [4.69, 9.17) is 30.9 Å². The van der Waals surface area contributed by atoms with Gasteiger partial charge in [0.1, 0.15) is 5.75 Å². The maximum Gasteiger partial charge on any atom is 0.341 e. The molecule has 0 saturated heterocycles. The third kappa shape index (κ3) is 5.51. The van der Waals surface area contributed by atoms with E-state index >= 15 is 0 Å². The third-order valence-corrected chi connectivity index (χ3v) is 6.69. The molecule has 4 rings (SSSR count). The maximum atomic E-state index is 13.6. The van der Waals surface area contributed by atoms with Gasteiger partial charge in [-0.3, -0.25) is 4.79 Å². The Morgan fingerprint density at radius 1 is 1.22 bits per heavy atom. The van der Waals surface area contributed by atoms with Crippen molar-refractivity contribution in [2.75, 3.05) is 18.6 Å². The fourth-order valence-electron chi connectivity index (χ4n) is 4.38. The Morgan fingerprint density at radius 3 is 2.58 bits per heavy atom. The molecule has 36 heavy (non-hydrogen) atoms. The predicted molar refractivity (Wildman–Crippen MR) is 138 cm³/mol. The minimum atomic E-state index is -1.09. The average molecular weight is 512 g/mol. The SMILES string of the molecule is CC[C@@H](C)Oc1cc2c(cc1OCC(=O)O)CC(=O)N(c1ccc(OC)cc1)C2C1=CCC(Cl)C=C1. The van der Waals surface area contributed by atoms with E-state index in [-0.39, 0.29) is 23.8 Å². The smallest absolute Gasteiger partial charge is 0.341 e. The van der Waals surface area contributed by atoms with Crippen molar-refractivity contribution in [3.05, 3.63) is 71.3 Å². The molecule has 0 spiro atoms. The number of aliphatic carboxylic acids is 1. The van der Waals surface area contributed by atoms with E-state index in [9.17, 15) is 9.59 Å². The number of allylic oxidation sites excluding steroid dienone is 2. The molecular formula is C28H30ClNO6. The van der Waals surface area contributed by atoms with Gasteiger partial charge in [0.25, 0.3) is 0 Å². The van der Waals surface area contributed by atoms with Gasteiger partial charge in [0.2, 0.25) is 5.91 Å². The lowest BCUT2D eigenvalue weighted by atomic mass is 9.85. The summed E-state index contributed by atoms with van der Waals surface area (Å²) in [6.45, 7) is 3.45. The highest BCUT2D eigenvalue weighted by molar-refractivity contribution is 6.22. The third-order valence-electron chi connectivity index (χ3n) is 6.37. The molecule has 0 radical (unpaired) electrons. The Hall–Kier alpha value is -3.45. The van der Waals surface area contributed by atoms with Crippen LogP contribution in [0.1, 0.15) is 43.9 Å². The number of carboxylic acid groups (broad SMARTS) is 1. The average Bonchev–Trinajstić information content (AvgIpc) is 2.87. The summed E-state index contributed by atoms with van der Waals surface area (Å²) in [6, 6.07) is 10.6. The van der Waals surface area contributed by atoms with Gasteiger partial charge in [-0.2, -0.15) is 0 Å². The first-order valence-electron chi connectivity index (χ1n) is 12.0. The monoisotopic (exact) mass is 511 g/mol. The van der Waals surface area contributed by atoms with Crippen LogP contribution in [0.15, 0.2) is 60.2 Å². The number of ether oxygens (including phenoxy) is 3. The number of carboxylic acids is 1. The number of benzene rings is 2. The minimum Gasteiger partial charge on any atom is -0.497 e. The first-order chi connectivity index (χ1) is 17.3. The summed E-state index contributed by atoms with van der Waals surface area (Å²) >= 11 is 6.31. The van der Waals surface area contributed by atoms with E-state index in [0.717, 1.165) is 28.8 Å². The number of hydrogen-bond donors (Lipinski definition) is 1. The summed E-state index contributed by atoms with van der Waals surface area (Å²) < 4.78 is 17.0.